The second-order valence-corrected chi connectivity index (χ2v) is 11.7. The molecule has 32 heavy (non-hydrogen) atoms. The Morgan fingerprint density at radius 1 is 1.16 bits per heavy atom. The average molecular weight is 497 g/mol. The highest BCUT2D eigenvalue weighted by molar-refractivity contribution is 7.92. The van der Waals surface area contributed by atoms with Gasteiger partial charge >= 0.3 is 0 Å². The zero-order valence-electron chi connectivity index (χ0n) is 17.4. The zero-order valence-corrected chi connectivity index (χ0v) is 19.8. The maximum Gasteiger partial charge on any atom is 0.247 e. The molecule has 3 aromatic rings. The molecule has 0 amide bonds. The second kappa shape index (κ2) is 8.45. The molecule has 0 saturated heterocycles. The second-order valence-electron chi connectivity index (χ2n) is 7.59. The van der Waals surface area contributed by atoms with Crippen LogP contribution < -0.4 is 4.72 Å². The van der Waals surface area contributed by atoms with Crippen molar-refractivity contribution in [2.24, 2.45) is 0 Å². The van der Waals surface area contributed by atoms with Crippen LogP contribution in [0.4, 0.5) is 5.69 Å². The number of hydrogen-bond acceptors (Lipinski definition) is 8. The molecule has 1 saturated carbocycles. The highest BCUT2D eigenvalue weighted by Crippen LogP contribution is 2.45. The first-order chi connectivity index (χ1) is 15.1. The summed E-state index contributed by atoms with van der Waals surface area (Å²) in [5, 5.41) is -0.182. The molecule has 1 aliphatic carbocycles. The average Bonchev–Trinajstić information content (AvgIpc) is 3.48. The Bertz CT molecular complexity index is 1380. The third kappa shape index (κ3) is 4.79. The van der Waals surface area contributed by atoms with E-state index in [4.69, 9.17) is 16.0 Å². The largest absolute Gasteiger partial charge is 0.438 e. The van der Waals surface area contributed by atoms with Gasteiger partial charge in [0.15, 0.2) is 11.7 Å². The van der Waals surface area contributed by atoms with Gasteiger partial charge in [0, 0.05) is 23.9 Å². The molecular weight excluding hydrogens is 476 g/mol. The highest BCUT2D eigenvalue weighted by Gasteiger charge is 2.32. The fourth-order valence-corrected chi connectivity index (χ4v) is 5.10. The molecule has 0 spiro atoms. The summed E-state index contributed by atoms with van der Waals surface area (Å²) in [5.74, 6) is 0.880. The van der Waals surface area contributed by atoms with Crippen molar-refractivity contribution in [3.05, 3.63) is 41.4 Å². The Morgan fingerprint density at radius 3 is 2.56 bits per heavy atom. The van der Waals surface area contributed by atoms with Gasteiger partial charge in [-0.1, -0.05) is 30.7 Å². The predicted octanol–water partition coefficient (Wildman–Crippen LogP) is 3.88. The number of hydrogen-bond donors (Lipinski definition) is 1. The van der Waals surface area contributed by atoms with Crippen LogP contribution in [0.1, 0.15) is 38.0 Å². The number of rotatable bonds is 8. The lowest BCUT2D eigenvalue weighted by Crippen LogP contribution is -2.16. The molecule has 170 valence electrons. The minimum absolute atomic E-state index is 0.0379. The van der Waals surface area contributed by atoms with Crippen molar-refractivity contribution >= 4 is 37.1 Å². The number of sulfonamides is 1. The molecule has 2 heterocycles. The topological polar surface area (TPSA) is 132 Å². The minimum atomic E-state index is -3.64. The van der Waals surface area contributed by atoms with E-state index in [-0.39, 0.29) is 39.0 Å². The summed E-state index contributed by atoms with van der Waals surface area (Å²) in [6.45, 7) is 1.77. The minimum Gasteiger partial charge on any atom is -0.438 e. The van der Waals surface area contributed by atoms with Gasteiger partial charge in [0.05, 0.1) is 16.5 Å². The van der Waals surface area contributed by atoms with E-state index in [1.54, 1.807) is 25.1 Å². The summed E-state index contributed by atoms with van der Waals surface area (Å²) in [4.78, 5) is 12.6. The number of nitrogens with one attached hydrogen (secondary N) is 1. The molecule has 0 bridgehead atoms. The predicted molar refractivity (Wildman–Crippen MR) is 121 cm³/mol. The molecule has 12 heteroatoms. The molecule has 0 radical (unpaired) electrons. The Labute approximate surface area is 191 Å². The van der Waals surface area contributed by atoms with Crippen LogP contribution in [0.2, 0.25) is 5.02 Å². The number of benzene rings is 1. The number of anilines is 1. The molecule has 1 aromatic carbocycles. The van der Waals surface area contributed by atoms with E-state index in [9.17, 15) is 16.8 Å². The molecule has 2 aromatic heterocycles. The maximum atomic E-state index is 12.2. The Hall–Kier alpha value is -2.50. The summed E-state index contributed by atoms with van der Waals surface area (Å²) in [6, 6.07) is 6.43. The standard InChI is InChI=1S/C20H21ClN4O5S2/c1-3-11-32(28,29)25-14-6-4-5-13(16(14)21)17-18(30-19(24-17)12-7-8-12)15-9-10-22-20(23-15)31(2,26)27/h4-6,9-10,12,25H,3,7-8,11H2,1-2H3. The summed E-state index contributed by atoms with van der Waals surface area (Å²) in [6.07, 6.45) is 4.68. The highest BCUT2D eigenvalue weighted by atomic mass is 35.5. The van der Waals surface area contributed by atoms with Crippen LogP contribution in [0.25, 0.3) is 22.7 Å². The first-order valence-electron chi connectivity index (χ1n) is 9.92. The fourth-order valence-electron chi connectivity index (χ4n) is 3.12. The molecule has 4 rings (SSSR count). The molecule has 1 N–H and O–H groups in total. The van der Waals surface area contributed by atoms with Crippen LogP contribution in [0.3, 0.4) is 0 Å². The van der Waals surface area contributed by atoms with Gasteiger partial charge in [-0.25, -0.2) is 31.8 Å². The Morgan fingerprint density at radius 2 is 1.91 bits per heavy atom. The van der Waals surface area contributed by atoms with Crippen LogP contribution in [-0.4, -0.2) is 43.8 Å². The van der Waals surface area contributed by atoms with Gasteiger partial charge in [-0.3, -0.25) is 4.72 Å². The molecule has 0 atom stereocenters. The van der Waals surface area contributed by atoms with Crippen molar-refractivity contribution in [3.63, 3.8) is 0 Å². The van der Waals surface area contributed by atoms with Crippen LogP contribution in [-0.2, 0) is 19.9 Å². The molecule has 1 aliphatic rings. The summed E-state index contributed by atoms with van der Waals surface area (Å²) < 4.78 is 56.8. The van der Waals surface area contributed by atoms with Crippen molar-refractivity contribution in [2.45, 2.75) is 37.3 Å². The van der Waals surface area contributed by atoms with E-state index in [2.05, 4.69) is 19.7 Å². The van der Waals surface area contributed by atoms with Gasteiger partial charge in [0.2, 0.25) is 25.0 Å². The first-order valence-corrected chi connectivity index (χ1v) is 13.8. The zero-order chi connectivity index (χ0) is 23.1. The third-order valence-corrected chi connectivity index (χ3v) is 7.50. The van der Waals surface area contributed by atoms with Crippen molar-refractivity contribution in [1.29, 1.82) is 0 Å². The fraction of sp³-hybridized carbons (Fsp3) is 0.350. The molecule has 1 fully saturated rings. The third-order valence-electron chi connectivity index (χ3n) is 4.76. The van der Waals surface area contributed by atoms with Gasteiger partial charge in [0.25, 0.3) is 0 Å². The Balaban J connectivity index is 1.84. The van der Waals surface area contributed by atoms with Gasteiger partial charge < -0.3 is 4.42 Å². The van der Waals surface area contributed by atoms with Crippen LogP contribution >= 0.6 is 11.6 Å². The van der Waals surface area contributed by atoms with Crippen LogP contribution in [0.15, 0.2) is 40.0 Å². The summed E-state index contributed by atoms with van der Waals surface area (Å²) >= 11 is 6.58. The van der Waals surface area contributed by atoms with E-state index in [0.717, 1.165) is 19.1 Å². The quantitative estimate of drug-likeness (QED) is 0.464. The van der Waals surface area contributed by atoms with Gasteiger partial charge in [-0.05, 0) is 31.4 Å². The summed E-state index contributed by atoms with van der Waals surface area (Å²) in [7, 11) is -7.19. The number of oxazole rings is 1. The van der Waals surface area contributed by atoms with Crippen LogP contribution in [0.5, 0.6) is 0 Å². The lowest BCUT2D eigenvalue weighted by molar-refractivity contribution is 0.507. The van der Waals surface area contributed by atoms with E-state index in [1.807, 2.05) is 0 Å². The number of halogens is 1. The molecule has 9 nitrogen and oxygen atoms in total. The number of nitrogens with zero attached hydrogens (tertiary/aromatic N) is 3. The normalized spacial score (nSPS) is 14.5. The Kier molecular flexibility index (Phi) is 5.99. The first kappa shape index (κ1) is 22.7. The lowest BCUT2D eigenvalue weighted by atomic mass is 10.1. The monoisotopic (exact) mass is 496 g/mol. The molecular formula is C20H21ClN4O5S2. The van der Waals surface area contributed by atoms with Gasteiger partial charge in [0.1, 0.15) is 11.4 Å². The SMILES string of the molecule is CCCS(=O)(=O)Nc1cccc(-c2nc(C3CC3)oc2-c2ccnc(S(C)(=O)=O)n2)c1Cl. The van der Waals surface area contributed by atoms with Crippen LogP contribution in [0, 0.1) is 0 Å². The number of sulfone groups is 1. The molecule has 0 unspecified atom stereocenters. The number of aromatic nitrogens is 3. The maximum absolute atomic E-state index is 12.2. The van der Waals surface area contributed by atoms with E-state index in [1.165, 1.54) is 12.3 Å². The molecule has 0 aliphatic heterocycles. The van der Waals surface area contributed by atoms with Crippen molar-refractivity contribution in [3.8, 4) is 22.7 Å². The van der Waals surface area contributed by atoms with E-state index < -0.39 is 19.9 Å². The smallest absolute Gasteiger partial charge is 0.247 e. The van der Waals surface area contributed by atoms with Crippen molar-refractivity contribution < 1.29 is 21.3 Å². The lowest BCUT2D eigenvalue weighted by Gasteiger charge is -2.11. The van der Waals surface area contributed by atoms with Gasteiger partial charge in [-0.15, -0.1) is 0 Å². The van der Waals surface area contributed by atoms with Crippen molar-refractivity contribution in [1.82, 2.24) is 15.0 Å². The van der Waals surface area contributed by atoms with E-state index in [0.29, 0.717) is 23.6 Å². The van der Waals surface area contributed by atoms with Gasteiger partial charge in [-0.2, -0.15) is 0 Å². The van der Waals surface area contributed by atoms with Crippen molar-refractivity contribution in [2.75, 3.05) is 16.7 Å². The summed E-state index contributed by atoms with van der Waals surface area (Å²) in [5.41, 5.74) is 1.25. The van der Waals surface area contributed by atoms with E-state index >= 15 is 0 Å².